The van der Waals surface area contributed by atoms with Gasteiger partial charge in [0.2, 0.25) is 0 Å². The number of nitrogens with one attached hydrogen (secondary N) is 2. The predicted octanol–water partition coefficient (Wildman–Crippen LogP) is 3.80. The van der Waals surface area contributed by atoms with Gasteiger partial charge < -0.3 is 15.5 Å². The second-order valence-corrected chi connectivity index (χ2v) is 7.76. The number of amides is 1. The Balaban J connectivity index is 1.53. The van der Waals surface area contributed by atoms with Crippen molar-refractivity contribution in [3.05, 3.63) is 46.5 Å². The Morgan fingerprint density at radius 2 is 1.82 bits per heavy atom. The zero-order valence-corrected chi connectivity index (χ0v) is 17.1. The van der Waals surface area contributed by atoms with Gasteiger partial charge in [-0.25, -0.2) is 14.4 Å². The summed E-state index contributed by atoms with van der Waals surface area (Å²) in [6, 6.07) is 6.42. The highest BCUT2D eigenvalue weighted by Gasteiger charge is 2.23. The summed E-state index contributed by atoms with van der Waals surface area (Å²) in [4.78, 5) is 23.2. The molecule has 0 aliphatic heterocycles. The molecular weight excluding hydrogens is 381 g/mol. The minimum atomic E-state index is -0.584. The number of benzene rings is 1. The first-order valence-electron chi connectivity index (χ1n) is 9.37. The monoisotopic (exact) mass is 405 g/mol. The van der Waals surface area contributed by atoms with Crippen LogP contribution >= 0.6 is 11.6 Å². The lowest BCUT2D eigenvalue weighted by molar-refractivity contribution is 0.0926. The third-order valence-corrected chi connectivity index (χ3v) is 5.19. The van der Waals surface area contributed by atoms with E-state index in [0.717, 1.165) is 43.1 Å². The maximum Gasteiger partial charge on any atom is 0.251 e. The number of hydrogen-bond acceptors (Lipinski definition) is 5. The van der Waals surface area contributed by atoms with Crippen LogP contribution in [0, 0.1) is 12.7 Å². The van der Waals surface area contributed by atoms with Crippen LogP contribution < -0.4 is 15.5 Å². The summed E-state index contributed by atoms with van der Waals surface area (Å²) in [5.41, 5.74) is 0.287. The van der Waals surface area contributed by atoms with Crippen LogP contribution in [0.15, 0.2) is 24.3 Å². The van der Waals surface area contributed by atoms with E-state index in [1.165, 1.54) is 18.2 Å². The normalized spacial score (nSPS) is 19.2. The van der Waals surface area contributed by atoms with Crippen molar-refractivity contribution in [2.45, 2.75) is 44.7 Å². The molecule has 150 valence electrons. The van der Waals surface area contributed by atoms with Crippen molar-refractivity contribution in [1.82, 2.24) is 15.3 Å². The number of anilines is 2. The first-order valence-corrected chi connectivity index (χ1v) is 9.75. The fourth-order valence-electron chi connectivity index (χ4n) is 3.35. The van der Waals surface area contributed by atoms with E-state index in [-0.39, 0.29) is 22.5 Å². The summed E-state index contributed by atoms with van der Waals surface area (Å²) in [5, 5.41) is 6.49. The number of rotatable bonds is 5. The van der Waals surface area contributed by atoms with Crippen LogP contribution in [0.3, 0.4) is 0 Å². The Labute approximate surface area is 169 Å². The minimum Gasteiger partial charge on any atom is -0.367 e. The summed E-state index contributed by atoms with van der Waals surface area (Å²) in [6.45, 7) is 1.88. The number of halogens is 2. The van der Waals surface area contributed by atoms with Gasteiger partial charge in [-0.2, -0.15) is 0 Å². The molecule has 1 fully saturated rings. The molecule has 1 aromatic heterocycles. The third-order valence-electron chi connectivity index (χ3n) is 4.88. The molecule has 0 radical (unpaired) electrons. The molecule has 0 unspecified atom stereocenters. The smallest absolute Gasteiger partial charge is 0.251 e. The van der Waals surface area contributed by atoms with Crippen LogP contribution in [-0.4, -0.2) is 42.1 Å². The molecule has 1 saturated carbocycles. The lowest BCUT2D eigenvalue weighted by Gasteiger charge is -2.30. The molecule has 1 aliphatic carbocycles. The maximum atomic E-state index is 13.5. The number of carbonyl (C=O) groups is 1. The number of aryl methyl sites for hydroxylation is 1. The molecule has 1 amide bonds. The lowest BCUT2D eigenvalue weighted by Crippen LogP contribution is -2.40. The van der Waals surface area contributed by atoms with Gasteiger partial charge >= 0.3 is 0 Å². The van der Waals surface area contributed by atoms with Crippen LogP contribution in [-0.2, 0) is 0 Å². The van der Waals surface area contributed by atoms with Gasteiger partial charge in [-0.15, -0.1) is 0 Å². The summed E-state index contributed by atoms with van der Waals surface area (Å²) in [6.07, 6.45) is 3.54. The van der Waals surface area contributed by atoms with Crippen LogP contribution in [0.25, 0.3) is 0 Å². The number of hydrogen-bond donors (Lipinski definition) is 2. The molecule has 1 aromatic carbocycles. The number of aromatic nitrogens is 2. The van der Waals surface area contributed by atoms with Gasteiger partial charge in [-0.1, -0.05) is 11.6 Å². The van der Waals surface area contributed by atoms with Crippen molar-refractivity contribution >= 4 is 29.1 Å². The topological polar surface area (TPSA) is 70.2 Å². The van der Waals surface area contributed by atoms with E-state index in [1.54, 1.807) is 0 Å². The number of carbonyl (C=O) groups excluding carboxylic acids is 1. The average molecular weight is 406 g/mol. The van der Waals surface area contributed by atoms with E-state index < -0.39 is 5.82 Å². The molecule has 0 atom stereocenters. The van der Waals surface area contributed by atoms with Gasteiger partial charge in [-0.3, -0.25) is 4.79 Å². The molecule has 0 spiro atoms. The van der Waals surface area contributed by atoms with Gasteiger partial charge in [0, 0.05) is 37.8 Å². The van der Waals surface area contributed by atoms with Crippen molar-refractivity contribution in [2.24, 2.45) is 0 Å². The van der Waals surface area contributed by atoms with E-state index >= 15 is 0 Å². The highest BCUT2D eigenvalue weighted by atomic mass is 35.5. The summed E-state index contributed by atoms with van der Waals surface area (Å²) in [5.74, 6) is 1.56. The Bertz CT molecular complexity index is 852. The lowest BCUT2D eigenvalue weighted by atomic mass is 9.91. The molecule has 6 nitrogen and oxygen atoms in total. The highest BCUT2D eigenvalue weighted by Crippen LogP contribution is 2.24. The quantitative estimate of drug-likeness (QED) is 0.791. The Morgan fingerprint density at radius 1 is 1.14 bits per heavy atom. The molecule has 1 heterocycles. The van der Waals surface area contributed by atoms with Crippen molar-refractivity contribution in [3.8, 4) is 0 Å². The van der Waals surface area contributed by atoms with E-state index in [9.17, 15) is 9.18 Å². The second kappa shape index (κ2) is 8.73. The molecule has 3 rings (SSSR count). The van der Waals surface area contributed by atoms with Gasteiger partial charge in [0.15, 0.2) is 0 Å². The average Bonchev–Trinajstić information content (AvgIpc) is 2.65. The second-order valence-electron chi connectivity index (χ2n) is 7.35. The molecule has 1 aliphatic rings. The van der Waals surface area contributed by atoms with Crippen molar-refractivity contribution < 1.29 is 9.18 Å². The molecule has 0 saturated heterocycles. The van der Waals surface area contributed by atoms with E-state index in [1.807, 2.05) is 32.0 Å². The van der Waals surface area contributed by atoms with Gasteiger partial charge in [0.25, 0.3) is 5.91 Å². The predicted molar refractivity (Wildman–Crippen MR) is 110 cm³/mol. The Kier molecular flexibility index (Phi) is 6.34. The van der Waals surface area contributed by atoms with Gasteiger partial charge in [0.05, 0.1) is 5.02 Å². The molecular formula is C20H25ClFN5O. The summed E-state index contributed by atoms with van der Waals surface area (Å²) >= 11 is 5.67. The molecule has 28 heavy (non-hydrogen) atoms. The van der Waals surface area contributed by atoms with Crippen molar-refractivity contribution in [2.75, 3.05) is 24.3 Å². The zero-order valence-electron chi connectivity index (χ0n) is 16.3. The highest BCUT2D eigenvalue weighted by molar-refractivity contribution is 6.30. The van der Waals surface area contributed by atoms with Gasteiger partial charge in [0.1, 0.15) is 23.3 Å². The van der Waals surface area contributed by atoms with Crippen LogP contribution in [0.5, 0.6) is 0 Å². The first-order chi connectivity index (χ1) is 13.3. The van der Waals surface area contributed by atoms with Crippen molar-refractivity contribution in [3.63, 3.8) is 0 Å². The fourth-order valence-corrected chi connectivity index (χ4v) is 3.47. The summed E-state index contributed by atoms with van der Waals surface area (Å²) < 4.78 is 13.5. The SMILES string of the molecule is Cc1nc(N[C@H]2CC[C@@H](NC(=O)c3ccc(Cl)c(F)c3)CC2)cc(N(C)C)n1. The third kappa shape index (κ3) is 5.10. The fraction of sp³-hybridized carbons (Fsp3) is 0.450. The standard InChI is InChI=1S/C20H25ClFN5O/c1-12-23-18(11-19(24-12)27(2)3)25-14-5-7-15(8-6-14)26-20(28)13-4-9-16(21)17(22)10-13/h4,9-11,14-15H,5-8H2,1-3H3,(H,26,28)(H,23,24,25)/t14-,15+. The first kappa shape index (κ1) is 20.3. The molecule has 8 heteroatoms. The van der Waals surface area contributed by atoms with Crippen LogP contribution in [0.1, 0.15) is 41.9 Å². The molecule has 2 N–H and O–H groups in total. The molecule has 2 aromatic rings. The molecule has 0 bridgehead atoms. The van der Waals surface area contributed by atoms with E-state index in [2.05, 4.69) is 20.6 Å². The summed E-state index contributed by atoms with van der Waals surface area (Å²) in [7, 11) is 3.90. The maximum absolute atomic E-state index is 13.5. The van der Waals surface area contributed by atoms with E-state index in [0.29, 0.717) is 6.04 Å². The van der Waals surface area contributed by atoms with Crippen molar-refractivity contribution in [1.29, 1.82) is 0 Å². The zero-order chi connectivity index (χ0) is 20.3. The number of nitrogens with zero attached hydrogens (tertiary/aromatic N) is 3. The van der Waals surface area contributed by atoms with Crippen LogP contribution in [0.2, 0.25) is 5.02 Å². The van der Waals surface area contributed by atoms with Gasteiger partial charge in [-0.05, 0) is 50.8 Å². The largest absolute Gasteiger partial charge is 0.367 e. The van der Waals surface area contributed by atoms with Crippen LogP contribution in [0.4, 0.5) is 16.0 Å². The Hall–Kier alpha value is -2.41. The van der Waals surface area contributed by atoms with E-state index in [4.69, 9.17) is 11.6 Å². The minimum absolute atomic E-state index is 0.0144. The Morgan fingerprint density at radius 3 is 2.46 bits per heavy atom.